The molecule has 135 heavy (non-hydrogen) atoms. The molecular formula is C120H154N14O. The van der Waals surface area contributed by atoms with Crippen LogP contribution in [0.2, 0.25) is 0 Å². The molecule has 0 bridgehead atoms. The van der Waals surface area contributed by atoms with Crippen LogP contribution < -0.4 is 27.7 Å². The van der Waals surface area contributed by atoms with Crippen LogP contribution in [-0.2, 0) is 13.0 Å². The quantitative estimate of drug-likeness (QED) is 0.0846. The second kappa shape index (κ2) is 61.4. The Morgan fingerprint density at radius 1 is 0.319 bits per heavy atom. The van der Waals surface area contributed by atoms with Crippen molar-refractivity contribution >= 4 is 22.1 Å². The van der Waals surface area contributed by atoms with Crippen molar-refractivity contribution < 1.29 is 4.74 Å². The number of ether oxygens (including phenoxy) is 1. The summed E-state index contributed by atoms with van der Waals surface area (Å²) in [6.45, 7) is 51.6. The van der Waals surface area contributed by atoms with Gasteiger partial charge in [0.2, 0.25) is 0 Å². The Bertz CT molecular complexity index is 5580. The number of hydrogen-bond acceptors (Lipinski definition) is 14. The first kappa shape index (κ1) is 112. The Hall–Kier alpha value is -13.4. The highest BCUT2D eigenvalue weighted by Crippen LogP contribution is 2.29. The molecule has 0 unspecified atom stereocenters. The fraction of sp³-hybridized carbons (Fsp3) is 0.300. The van der Waals surface area contributed by atoms with Gasteiger partial charge in [-0.3, -0.25) is 10.1 Å². The number of pyridine rings is 1. The third-order valence-electron chi connectivity index (χ3n) is 21.2. The molecule has 1 fully saturated rings. The van der Waals surface area contributed by atoms with Crippen molar-refractivity contribution in [2.45, 2.75) is 205 Å². The van der Waals surface area contributed by atoms with E-state index in [2.05, 4.69) is 323 Å². The lowest BCUT2D eigenvalue weighted by atomic mass is 9.84. The summed E-state index contributed by atoms with van der Waals surface area (Å²) < 4.78 is 5.74. The van der Waals surface area contributed by atoms with Gasteiger partial charge >= 0.3 is 0 Å². The third kappa shape index (κ3) is 48.7. The van der Waals surface area contributed by atoms with E-state index in [1.807, 2.05) is 199 Å². The van der Waals surface area contributed by atoms with Crippen molar-refractivity contribution in [1.82, 2.24) is 50.0 Å². The van der Waals surface area contributed by atoms with Crippen LogP contribution in [0, 0.1) is 164 Å². The average molecular weight is 1810 g/mol. The van der Waals surface area contributed by atoms with E-state index in [1.165, 1.54) is 120 Å². The number of H-pyrrole nitrogens is 1. The summed E-state index contributed by atoms with van der Waals surface area (Å²) in [5, 5.41) is 9.16. The Morgan fingerprint density at radius 3 is 1.02 bits per heavy atom. The molecular weight excluding hydrogens is 1650 g/mol. The predicted octanol–water partition coefficient (Wildman–Crippen LogP) is 28.7. The lowest BCUT2D eigenvalue weighted by molar-refractivity contribution is 0.308. The van der Waals surface area contributed by atoms with Crippen molar-refractivity contribution in [3.63, 3.8) is 0 Å². The van der Waals surface area contributed by atoms with Gasteiger partial charge in [-0.1, -0.05) is 332 Å². The number of nitrogens with zero attached hydrogens (tertiary/aromatic N) is 9. The van der Waals surface area contributed by atoms with Crippen molar-refractivity contribution in [3.05, 3.63) is 438 Å². The van der Waals surface area contributed by atoms with E-state index >= 15 is 0 Å². The zero-order valence-corrected chi connectivity index (χ0v) is 85.8. The molecule has 0 radical (unpaired) electrons. The number of aromatic nitrogens is 9. The van der Waals surface area contributed by atoms with E-state index in [4.69, 9.17) is 27.7 Å². The fourth-order valence-corrected chi connectivity index (χ4v) is 13.7. The Balaban J connectivity index is 0.000000261. The summed E-state index contributed by atoms with van der Waals surface area (Å²) in [5.74, 6) is 8.60. The molecule has 17 rings (SSSR count). The fourth-order valence-electron chi connectivity index (χ4n) is 13.7. The number of benzene rings is 12. The summed E-state index contributed by atoms with van der Waals surface area (Å²) >= 11 is 0. The molecule has 0 atom stereocenters. The highest BCUT2D eigenvalue weighted by atomic mass is 16.5. The number of anilines is 2. The van der Waals surface area contributed by atoms with E-state index in [1.54, 1.807) is 6.20 Å². The minimum absolute atomic E-state index is 0.641. The number of nitrogens with one attached hydrogen (secondary N) is 1. The van der Waals surface area contributed by atoms with Crippen LogP contribution >= 0.6 is 0 Å². The van der Waals surface area contributed by atoms with Gasteiger partial charge in [-0.05, 0) is 300 Å². The summed E-state index contributed by atoms with van der Waals surface area (Å²) in [7, 11) is 4.01. The summed E-state index contributed by atoms with van der Waals surface area (Å²) in [6, 6.07) is 99.9. The second-order valence-corrected chi connectivity index (χ2v) is 35.6. The van der Waals surface area contributed by atoms with Gasteiger partial charge in [-0.2, -0.15) is 5.10 Å². The van der Waals surface area contributed by atoms with Gasteiger partial charge in [-0.25, -0.2) is 29.9 Å². The number of hydrogen-bond donors (Lipinski definition) is 5. The maximum atomic E-state index is 5.89. The van der Waals surface area contributed by atoms with Crippen LogP contribution in [0.1, 0.15) is 180 Å². The maximum absolute atomic E-state index is 5.89. The van der Waals surface area contributed by atoms with Crippen LogP contribution in [0.5, 0.6) is 11.5 Å². The van der Waals surface area contributed by atoms with Gasteiger partial charge in [0, 0.05) is 59.9 Å². The molecule has 0 spiro atoms. The number of aromatic amines is 1. The molecule has 9 N–H and O–H groups in total. The number of rotatable bonds is 9. The smallest absolute Gasteiger partial charge is 0.163 e. The standard InChI is InChI=1S/C15H16.C14H16N2.C14H14O.C12H12.C11H11N3.C9H13N.C8H16.2C8H10.C7H9N.C6H8N2.C4H7N3.C4H12N2/c1-12-5-3-7-14(9-12)11-15-8-4-6-13(2)10-15;1-9-3-5-11(7-13(9)15)12-6-4-10(2)14(16)8-12;1-11-5-3-7-13(9-11)15-14-8-4-6-12(2)10-14;1-9-3-5-12-8-10(2)4-6-11(12)7-9;1-8-12-9(2)14-11(13-8)10-6-4-3-5-7-10;1-7-3-8(2)5-9(4-7)6-10;3*1-7-3-5-8(2)6-4-7;1-6-4-3-5-7(2)8-6;1-5-3-4-7-6(2)8-5;1-3-5-4(2)7-6-3;1-6(2)4-3-5/h3-10H,11H2,1-2H3;3-8H,15-16H2,1-2H3;3-10H,1-2H3;3-8H,1-2H3;3-7H,1-2H3;3-5H,6,10H2,1-2H3;7-8H,3-6H2,1-2H3;2*3-6H,1-2H3;3-5H,1-2H3;3-4H,1-2H3;1-2H3,(H,5,6,7);3-5H2,1-2H3. The zero-order chi connectivity index (χ0) is 99.3. The van der Waals surface area contributed by atoms with Crippen molar-refractivity contribution in [1.29, 1.82) is 0 Å². The van der Waals surface area contributed by atoms with Crippen molar-refractivity contribution in [3.8, 4) is 34.0 Å². The lowest BCUT2D eigenvalue weighted by Gasteiger charge is -2.22. The van der Waals surface area contributed by atoms with Gasteiger partial charge in [0.25, 0.3) is 0 Å². The first-order valence-electron chi connectivity index (χ1n) is 46.9. The van der Waals surface area contributed by atoms with Crippen LogP contribution in [0.15, 0.2) is 297 Å². The normalized spacial score (nSPS) is 11.7. The molecule has 1 aliphatic rings. The SMILES string of the molecule is CC1CCC(C)CC1.CN(C)CCN.Cc1cc(C)cc(CN)c1.Cc1ccc(-c2ccc(C)c(N)c2)cc1N.Cc1ccc(C)cc1.Cc1ccc(C)cc1.Cc1ccc2cc(C)ccc2c1.Cc1cccc(C)n1.Cc1cccc(Cc2cccc(C)c2)c1.Cc1cccc(Oc2cccc(C)c2)c1.Cc1ccnc(C)n1.Cc1n[nH]c(C)n1.Cc1nc(C)nc(-c2ccccc2)n1. The van der Waals surface area contributed by atoms with Crippen LogP contribution in [0.4, 0.5) is 11.4 Å². The number of nitrogens with two attached hydrogens (primary N) is 4. The zero-order valence-electron chi connectivity index (χ0n) is 85.8. The number of fused-ring (bicyclic) bond motifs is 1. The average Bonchev–Trinajstić information content (AvgIpc) is 0.865. The Labute approximate surface area is 810 Å². The van der Waals surface area contributed by atoms with Crippen LogP contribution in [-0.4, -0.2) is 77.2 Å². The lowest BCUT2D eigenvalue weighted by Crippen LogP contribution is -2.20. The third-order valence-corrected chi connectivity index (χ3v) is 21.2. The monoisotopic (exact) mass is 1810 g/mol. The van der Waals surface area contributed by atoms with E-state index < -0.39 is 0 Å². The van der Waals surface area contributed by atoms with E-state index in [0.717, 1.165) is 134 Å². The molecule has 4 heterocycles. The first-order chi connectivity index (χ1) is 64.3. The van der Waals surface area contributed by atoms with Gasteiger partial charge in [0.15, 0.2) is 5.82 Å². The highest BCUT2D eigenvalue weighted by molar-refractivity contribution is 5.83. The van der Waals surface area contributed by atoms with Gasteiger partial charge < -0.3 is 32.6 Å². The molecule has 12 aromatic carbocycles. The maximum Gasteiger partial charge on any atom is 0.163 e. The highest BCUT2D eigenvalue weighted by Gasteiger charge is 2.13. The number of nitrogen functional groups attached to an aromatic ring is 2. The molecule has 0 amide bonds. The van der Waals surface area contributed by atoms with Crippen LogP contribution in [0.3, 0.4) is 0 Å². The minimum Gasteiger partial charge on any atom is -0.457 e. The molecule has 710 valence electrons. The minimum atomic E-state index is 0.641. The van der Waals surface area contributed by atoms with Gasteiger partial charge in [0.1, 0.15) is 40.6 Å². The summed E-state index contributed by atoms with van der Waals surface area (Å²) in [6.07, 6.45) is 8.69. The molecule has 1 saturated carbocycles. The first-order valence-corrected chi connectivity index (χ1v) is 46.9. The molecule has 15 heteroatoms. The van der Waals surface area contributed by atoms with Gasteiger partial charge in [0.05, 0.1) is 0 Å². The Morgan fingerprint density at radius 2 is 0.704 bits per heavy atom. The molecule has 16 aromatic rings. The van der Waals surface area contributed by atoms with Gasteiger partial charge in [-0.15, -0.1) is 0 Å². The summed E-state index contributed by atoms with van der Waals surface area (Å²) in [5.41, 5.74) is 52.4. The number of aryl methyl sites for hydroxylation is 22. The van der Waals surface area contributed by atoms with E-state index in [-0.39, 0.29) is 0 Å². The summed E-state index contributed by atoms with van der Waals surface area (Å²) in [4.78, 5) is 30.9. The molecule has 1 aliphatic carbocycles. The largest absolute Gasteiger partial charge is 0.457 e. The molecule has 0 saturated heterocycles. The van der Waals surface area contributed by atoms with E-state index in [9.17, 15) is 0 Å². The van der Waals surface area contributed by atoms with E-state index in [0.29, 0.717) is 6.54 Å². The molecule has 15 nitrogen and oxygen atoms in total. The second-order valence-electron chi connectivity index (χ2n) is 35.6. The number of likely N-dealkylation sites (N-methyl/N-ethyl adjacent to an activating group) is 1. The Kier molecular flexibility index (Phi) is 51.0. The van der Waals surface area contributed by atoms with Crippen molar-refractivity contribution in [2.24, 2.45) is 23.3 Å². The molecule has 0 aliphatic heterocycles. The molecule has 4 aromatic heterocycles. The topological polar surface area (TPSA) is 235 Å². The van der Waals surface area contributed by atoms with Crippen molar-refractivity contribution in [2.75, 3.05) is 38.7 Å². The predicted molar refractivity (Wildman–Crippen MR) is 577 cm³/mol. The van der Waals surface area contributed by atoms with Crippen LogP contribution in [0.25, 0.3) is 33.3 Å².